The normalized spacial score (nSPS) is 17.1. The smallest absolute Gasteiger partial charge is 0.230 e. The van der Waals surface area contributed by atoms with Crippen molar-refractivity contribution < 1.29 is 26.3 Å². The van der Waals surface area contributed by atoms with E-state index in [4.69, 9.17) is 0 Å². The fraction of sp³-hybridized carbons (Fsp3) is 1.00. The quantitative estimate of drug-likeness (QED) is 0.480. The first-order valence-corrected chi connectivity index (χ1v) is 2.72. The molecule has 10 heavy (non-hydrogen) atoms. The minimum atomic E-state index is -5.52. The summed E-state index contributed by atoms with van der Waals surface area (Å²) in [6, 6.07) is 0. The second-order valence-corrected chi connectivity index (χ2v) is 2.50. The van der Waals surface area contributed by atoms with Crippen molar-refractivity contribution in [3.05, 3.63) is 0 Å². The van der Waals surface area contributed by atoms with Crippen molar-refractivity contribution in [3.8, 4) is 0 Å². The number of hydrogen-bond acceptors (Lipinski definition) is 0. The molecule has 0 N–H and O–H groups in total. The molecule has 0 unspecified atom stereocenters. The molecule has 0 radical (unpaired) electrons. The molecular weight excluding hydrogens is 230 g/mol. The number of rotatable bonds is 1. The van der Waals surface area contributed by atoms with E-state index < -0.39 is 17.2 Å². The maximum atomic E-state index is 11.5. The molecule has 0 saturated carbocycles. The van der Waals surface area contributed by atoms with Crippen LogP contribution in [-0.4, -0.2) is 17.2 Å². The van der Waals surface area contributed by atoms with Crippen LogP contribution in [0.5, 0.6) is 0 Å². The second kappa shape index (κ2) is 2.60. The van der Waals surface area contributed by atoms with Crippen LogP contribution in [0, 0.1) is 0 Å². The first kappa shape index (κ1) is 10.1. The van der Waals surface area contributed by atoms with Crippen LogP contribution in [0.15, 0.2) is 0 Å². The van der Waals surface area contributed by atoms with E-state index in [0.29, 0.717) is 0 Å². The van der Waals surface area contributed by atoms with Gasteiger partial charge in [-0.15, -0.1) is 0 Å². The zero-order chi connectivity index (χ0) is 8.58. The average molecular weight is 231 g/mol. The van der Waals surface area contributed by atoms with Crippen molar-refractivity contribution in [2.24, 2.45) is 0 Å². The molecule has 0 nitrogen and oxygen atoms in total. The van der Waals surface area contributed by atoms with Gasteiger partial charge in [0.05, 0.1) is 0 Å². The molecule has 0 heterocycles. The van der Waals surface area contributed by atoms with E-state index in [2.05, 4.69) is 0 Å². The molecule has 0 aliphatic heterocycles. The fourth-order valence-electron chi connectivity index (χ4n) is 0.186. The molecule has 0 rings (SSSR count). The molecule has 0 saturated heterocycles. The molecule has 1 atom stereocenters. The molecule has 0 amide bonds. The van der Waals surface area contributed by atoms with E-state index in [1.165, 1.54) is 15.9 Å². The van der Waals surface area contributed by atoms with Crippen molar-refractivity contribution in [1.29, 1.82) is 0 Å². The molecule has 0 aliphatic rings. The van der Waals surface area contributed by atoms with Crippen LogP contribution in [0.1, 0.15) is 0 Å². The molecule has 0 spiro atoms. The Labute approximate surface area is 60.3 Å². The summed E-state index contributed by atoms with van der Waals surface area (Å²) in [6.45, 7) is 0. The Hall–Kier alpha value is 0.0600. The number of halogens is 7. The summed E-state index contributed by atoms with van der Waals surface area (Å²) in [5.74, 6) is 0. The molecule has 0 aromatic carbocycles. The molecule has 0 aromatic rings. The second-order valence-electron chi connectivity index (χ2n) is 1.45. The predicted octanol–water partition coefficient (Wildman–Crippen LogP) is 2.87. The molecule has 0 bridgehead atoms. The lowest BCUT2D eigenvalue weighted by atomic mass is 10.4. The van der Waals surface area contributed by atoms with Crippen LogP contribution in [-0.2, 0) is 0 Å². The highest BCUT2D eigenvalue weighted by Gasteiger charge is 2.55. The van der Waals surface area contributed by atoms with E-state index in [1.807, 2.05) is 0 Å². The van der Waals surface area contributed by atoms with Crippen LogP contribution < -0.4 is 0 Å². The van der Waals surface area contributed by atoms with Gasteiger partial charge in [-0.1, -0.05) is 0 Å². The Balaban J connectivity index is 4.23. The summed E-state index contributed by atoms with van der Waals surface area (Å²) >= 11 is 1.25. The first-order chi connectivity index (χ1) is 4.15. The SMILES string of the molecule is F[C@H](C(F)(F)F)C(F)(F)Br. The third-order valence-electron chi connectivity index (χ3n) is 0.575. The van der Waals surface area contributed by atoms with E-state index >= 15 is 0 Å². The highest BCUT2D eigenvalue weighted by atomic mass is 79.9. The Bertz CT molecular complexity index is 97.1. The summed E-state index contributed by atoms with van der Waals surface area (Å²) in [5, 5.41) is 0. The topological polar surface area (TPSA) is 0 Å². The summed E-state index contributed by atoms with van der Waals surface area (Å²) < 4.78 is 67.5. The van der Waals surface area contributed by atoms with Crippen LogP contribution in [0.4, 0.5) is 26.3 Å². The molecule has 62 valence electrons. The van der Waals surface area contributed by atoms with E-state index in [1.54, 1.807) is 0 Å². The Morgan fingerprint density at radius 2 is 1.30 bits per heavy atom. The Morgan fingerprint density at radius 1 is 1.00 bits per heavy atom. The lowest BCUT2D eigenvalue weighted by molar-refractivity contribution is -0.218. The Kier molecular flexibility index (Phi) is 2.61. The minimum absolute atomic E-state index is 1.25. The lowest BCUT2D eigenvalue weighted by Crippen LogP contribution is -2.37. The van der Waals surface area contributed by atoms with Crippen molar-refractivity contribution in [2.45, 2.75) is 17.2 Å². The van der Waals surface area contributed by atoms with Crippen LogP contribution in [0.25, 0.3) is 0 Å². The zero-order valence-electron chi connectivity index (χ0n) is 4.22. The third-order valence-corrected chi connectivity index (χ3v) is 0.977. The maximum absolute atomic E-state index is 11.5. The van der Waals surface area contributed by atoms with Gasteiger partial charge in [0, 0.05) is 0 Å². The van der Waals surface area contributed by atoms with Gasteiger partial charge < -0.3 is 0 Å². The highest BCUT2D eigenvalue weighted by molar-refractivity contribution is 9.10. The summed E-state index contributed by atoms with van der Waals surface area (Å²) in [5.41, 5.74) is 0. The summed E-state index contributed by atoms with van der Waals surface area (Å²) in [6.07, 6.45) is -9.67. The lowest BCUT2D eigenvalue weighted by Gasteiger charge is -2.16. The van der Waals surface area contributed by atoms with Crippen LogP contribution in [0.3, 0.4) is 0 Å². The van der Waals surface area contributed by atoms with E-state index in [-0.39, 0.29) is 0 Å². The zero-order valence-corrected chi connectivity index (χ0v) is 5.81. The fourth-order valence-corrected chi connectivity index (χ4v) is 0.445. The summed E-state index contributed by atoms with van der Waals surface area (Å²) in [4.78, 5) is -4.54. The largest absolute Gasteiger partial charge is 0.426 e. The monoisotopic (exact) mass is 230 g/mol. The predicted molar refractivity (Wildman–Crippen MR) is 24.8 cm³/mol. The minimum Gasteiger partial charge on any atom is -0.230 e. The van der Waals surface area contributed by atoms with Gasteiger partial charge in [0.2, 0.25) is 0 Å². The highest BCUT2D eigenvalue weighted by Crippen LogP contribution is 2.38. The van der Waals surface area contributed by atoms with Gasteiger partial charge in [-0.25, -0.2) is 4.39 Å². The van der Waals surface area contributed by atoms with Crippen molar-refractivity contribution in [3.63, 3.8) is 0 Å². The average Bonchev–Trinajstić information content (AvgIpc) is 1.59. The van der Waals surface area contributed by atoms with Crippen molar-refractivity contribution in [2.75, 3.05) is 0 Å². The van der Waals surface area contributed by atoms with Crippen LogP contribution >= 0.6 is 15.9 Å². The molecule has 7 heteroatoms. The number of hydrogen-bond donors (Lipinski definition) is 0. The van der Waals surface area contributed by atoms with Gasteiger partial charge in [0.15, 0.2) is 0 Å². The standard InChI is InChI=1S/C3HBrF6/c4-2(6,7)1(5)3(8,9)10/h1H/t1-/m0/s1. The Morgan fingerprint density at radius 3 is 1.30 bits per heavy atom. The molecule has 0 fully saturated rings. The molecule has 0 aliphatic carbocycles. The van der Waals surface area contributed by atoms with Crippen molar-refractivity contribution >= 4 is 15.9 Å². The third kappa shape index (κ3) is 2.76. The van der Waals surface area contributed by atoms with Gasteiger partial charge in [-0.05, 0) is 15.9 Å². The first-order valence-electron chi connectivity index (χ1n) is 1.93. The van der Waals surface area contributed by atoms with Gasteiger partial charge in [-0.2, -0.15) is 22.0 Å². The van der Waals surface area contributed by atoms with Crippen LogP contribution in [0.2, 0.25) is 0 Å². The molecule has 0 aromatic heterocycles. The maximum Gasteiger partial charge on any atom is 0.426 e. The van der Waals surface area contributed by atoms with Gasteiger partial charge in [-0.3, -0.25) is 0 Å². The van der Waals surface area contributed by atoms with E-state index in [0.717, 1.165) is 0 Å². The summed E-state index contributed by atoms with van der Waals surface area (Å²) in [7, 11) is 0. The van der Waals surface area contributed by atoms with Crippen molar-refractivity contribution in [1.82, 2.24) is 0 Å². The van der Waals surface area contributed by atoms with Gasteiger partial charge in [0.25, 0.3) is 6.17 Å². The van der Waals surface area contributed by atoms with Gasteiger partial charge in [0.1, 0.15) is 0 Å². The van der Waals surface area contributed by atoms with E-state index in [9.17, 15) is 26.3 Å². The van der Waals surface area contributed by atoms with Gasteiger partial charge >= 0.3 is 11.0 Å². The molecular formula is C3HBrF6. The number of alkyl halides is 7.